The highest BCUT2D eigenvalue weighted by atomic mass is 16.5. The van der Waals surface area contributed by atoms with E-state index < -0.39 is 5.97 Å². The summed E-state index contributed by atoms with van der Waals surface area (Å²) in [7, 11) is 1.34. The maximum Gasteiger partial charge on any atom is 0.354 e. The van der Waals surface area contributed by atoms with E-state index in [2.05, 4.69) is 5.32 Å². The summed E-state index contributed by atoms with van der Waals surface area (Å²) >= 11 is 0. The molecule has 0 aliphatic carbocycles. The summed E-state index contributed by atoms with van der Waals surface area (Å²) in [5.41, 5.74) is 1.06. The van der Waals surface area contributed by atoms with Crippen molar-refractivity contribution in [3.05, 3.63) is 42.1 Å². The Kier molecular flexibility index (Phi) is 4.76. The van der Waals surface area contributed by atoms with Gasteiger partial charge in [0.2, 0.25) is 0 Å². The summed E-state index contributed by atoms with van der Waals surface area (Å²) in [6.07, 6.45) is 3.72. The molecule has 0 aromatic heterocycles. The number of para-hydroxylation sites is 1. The maximum absolute atomic E-state index is 11.8. The molecule has 5 nitrogen and oxygen atoms in total. The van der Waals surface area contributed by atoms with Crippen LogP contribution in [0.4, 0.5) is 5.69 Å². The van der Waals surface area contributed by atoms with Crippen molar-refractivity contribution >= 4 is 17.5 Å². The van der Waals surface area contributed by atoms with E-state index in [1.807, 2.05) is 35.2 Å². The smallest absolute Gasteiger partial charge is 0.354 e. The zero-order chi connectivity index (χ0) is 14.4. The molecule has 5 heteroatoms. The highest BCUT2D eigenvalue weighted by Gasteiger charge is 2.17. The number of carbonyl (C=O) groups is 1. The molecule has 1 heterocycles. The van der Waals surface area contributed by atoms with Gasteiger partial charge in [-0.3, -0.25) is 5.41 Å². The van der Waals surface area contributed by atoms with Gasteiger partial charge >= 0.3 is 5.97 Å². The van der Waals surface area contributed by atoms with Crippen LogP contribution >= 0.6 is 0 Å². The average molecular weight is 273 g/mol. The van der Waals surface area contributed by atoms with Gasteiger partial charge in [0.05, 0.1) is 7.11 Å². The first-order valence-corrected chi connectivity index (χ1v) is 6.66. The highest BCUT2D eigenvalue weighted by Crippen LogP contribution is 2.13. The molecule has 1 aromatic rings. The maximum atomic E-state index is 11.8. The minimum absolute atomic E-state index is 0.274. The molecule has 0 unspecified atom stereocenters. The van der Waals surface area contributed by atoms with Crippen molar-refractivity contribution < 1.29 is 9.53 Å². The fourth-order valence-corrected chi connectivity index (χ4v) is 2.12. The summed E-state index contributed by atoms with van der Waals surface area (Å²) < 4.78 is 4.76. The van der Waals surface area contributed by atoms with Crippen molar-refractivity contribution in [2.75, 3.05) is 25.5 Å². The van der Waals surface area contributed by atoms with Gasteiger partial charge < -0.3 is 15.0 Å². The lowest BCUT2D eigenvalue weighted by Crippen LogP contribution is -2.27. The molecule has 2 rings (SSSR count). The highest BCUT2D eigenvalue weighted by molar-refractivity contribution is 6.01. The van der Waals surface area contributed by atoms with Gasteiger partial charge in [0.25, 0.3) is 0 Å². The monoisotopic (exact) mass is 273 g/mol. The predicted octanol–water partition coefficient (Wildman–Crippen LogP) is 2.23. The van der Waals surface area contributed by atoms with E-state index in [-0.39, 0.29) is 5.70 Å². The Bertz CT molecular complexity index is 505. The Morgan fingerprint density at radius 3 is 2.55 bits per heavy atom. The summed E-state index contributed by atoms with van der Waals surface area (Å²) in [5.74, 6) is -0.135. The third-order valence-electron chi connectivity index (χ3n) is 3.19. The van der Waals surface area contributed by atoms with E-state index in [0.29, 0.717) is 5.84 Å². The average Bonchev–Trinajstić information content (AvgIpc) is 3.01. The molecular formula is C15H19N3O2. The minimum Gasteiger partial charge on any atom is -0.464 e. The molecule has 0 bridgehead atoms. The molecule has 1 fully saturated rings. The fraction of sp³-hybridized carbons (Fsp3) is 0.333. The number of hydrogen-bond acceptors (Lipinski definition) is 4. The number of nitrogens with zero attached hydrogens (tertiary/aromatic N) is 1. The van der Waals surface area contributed by atoms with E-state index in [1.54, 1.807) is 0 Å². The Morgan fingerprint density at radius 2 is 1.95 bits per heavy atom. The molecule has 2 N–H and O–H groups in total. The number of likely N-dealkylation sites (tertiary alicyclic amines) is 1. The van der Waals surface area contributed by atoms with Gasteiger partial charge in [-0.1, -0.05) is 18.2 Å². The SMILES string of the molecule is COC(=O)/C(=C/C(=N)N1CCCC1)Nc1ccccc1. The van der Waals surface area contributed by atoms with Crippen LogP contribution in [0.15, 0.2) is 42.1 Å². The topological polar surface area (TPSA) is 65.4 Å². The number of nitrogens with one attached hydrogen (secondary N) is 2. The van der Waals surface area contributed by atoms with Crippen LogP contribution in [-0.4, -0.2) is 36.9 Å². The van der Waals surface area contributed by atoms with Crippen molar-refractivity contribution in [1.82, 2.24) is 4.90 Å². The van der Waals surface area contributed by atoms with Gasteiger partial charge in [-0.05, 0) is 25.0 Å². The standard InChI is InChI=1S/C15H19N3O2/c1-20-15(19)13(17-12-7-3-2-4-8-12)11-14(16)18-9-5-6-10-18/h2-4,7-8,11,16-17H,5-6,9-10H2,1H3/b13-11-,16-14?. The zero-order valence-corrected chi connectivity index (χ0v) is 11.6. The number of carbonyl (C=O) groups excluding carboxylic acids is 1. The Hall–Kier alpha value is -2.30. The number of ether oxygens (including phenoxy) is 1. The Labute approximate surface area is 118 Å². The van der Waals surface area contributed by atoms with Gasteiger partial charge in [0.1, 0.15) is 11.5 Å². The van der Waals surface area contributed by atoms with E-state index in [4.69, 9.17) is 10.1 Å². The van der Waals surface area contributed by atoms with Gasteiger partial charge in [-0.2, -0.15) is 0 Å². The van der Waals surface area contributed by atoms with Gasteiger partial charge in [-0.25, -0.2) is 4.79 Å². The van der Waals surface area contributed by atoms with Crippen LogP contribution in [0.3, 0.4) is 0 Å². The summed E-state index contributed by atoms with van der Waals surface area (Å²) in [6.45, 7) is 1.74. The minimum atomic E-state index is -0.474. The third-order valence-corrected chi connectivity index (χ3v) is 3.19. The van der Waals surface area contributed by atoms with Crippen molar-refractivity contribution in [1.29, 1.82) is 5.41 Å². The molecule has 20 heavy (non-hydrogen) atoms. The summed E-state index contributed by atoms with van der Waals surface area (Å²) in [4.78, 5) is 13.8. The fourth-order valence-electron chi connectivity index (χ4n) is 2.12. The van der Waals surface area contributed by atoms with Crippen molar-refractivity contribution in [3.8, 4) is 0 Å². The van der Waals surface area contributed by atoms with E-state index in [9.17, 15) is 4.79 Å². The van der Waals surface area contributed by atoms with Gasteiger partial charge in [0.15, 0.2) is 0 Å². The van der Waals surface area contributed by atoms with Crippen molar-refractivity contribution in [3.63, 3.8) is 0 Å². The first-order chi connectivity index (χ1) is 9.70. The zero-order valence-electron chi connectivity index (χ0n) is 11.6. The van der Waals surface area contributed by atoms with Crippen LogP contribution in [0.25, 0.3) is 0 Å². The van der Waals surface area contributed by atoms with E-state index in [0.717, 1.165) is 31.6 Å². The normalized spacial score (nSPS) is 15.1. The summed E-state index contributed by atoms with van der Waals surface area (Å²) in [5, 5.41) is 11.1. The van der Waals surface area contributed by atoms with Crippen LogP contribution in [-0.2, 0) is 9.53 Å². The lowest BCUT2D eigenvalue weighted by Gasteiger charge is -2.17. The number of esters is 1. The lowest BCUT2D eigenvalue weighted by atomic mass is 10.3. The third kappa shape index (κ3) is 3.60. The number of anilines is 1. The largest absolute Gasteiger partial charge is 0.464 e. The van der Waals surface area contributed by atoms with Crippen LogP contribution in [0, 0.1) is 5.41 Å². The van der Waals surface area contributed by atoms with Crippen LogP contribution in [0.2, 0.25) is 0 Å². The predicted molar refractivity (Wildman–Crippen MR) is 78.7 cm³/mol. The first-order valence-electron chi connectivity index (χ1n) is 6.66. The molecular weight excluding hydrogens is 254 g/mol. The van der Waals surface area contributed by atoms with Crippen LogP contribution in [0.5, 0.6) is 0 Å². The first kappa shape index (κ1) is 14.1. The Morgan fingerprint density at radius 1 is 1.30 bits per heavy atom. The molecule has 0 spiro atoms. The van der Waals surface area contributed by atoms with E-state index in [1.165, 1.54) is 13.2 Å². The molecule has 0 atom stereocenters. The molecule has 1 saturated heterocycles. The summed E-state index contributed by atoms with van der Waals surface area (Å²) in [6, 6.07) is 9.37. The van der Waals surface area contributed by atoms with Crippen LogP contribution < -0.4 is 5.32 Å². The number of methoxy groups -OCH3 is 1. The number of benzene rings is 1. The number of amidine groups is 1. The van der Waals surface area contributed by atoms with Crippen LogP contribution in [0.1, 0.15) is 12.8 Å². The second kappa shape index (κ2) is 6.75. The Balaban J connectivity index is 2.14. The van der Waals surface area contributed by atoms with Crippen molar-refractivity contribution in [2.24, 2.45) is 0 Å². The second-order valence-electron chi connectivity index (χ2n) is 4.62. The number of hydrogen-bond donors (Lipinski definition) is 2. The van der Waals surface area contributed by atoms with Crippen molar-refractivity contribution in [2.45, 2.75) is 12.8 Å². The molecule has 106 valence electrons. The quantitative estimate of drug-likeness (QED) is 0.382. The second-order valence-corrected chi connectivity index (χ2v) is 4.62. The van der Waals surface area contributed by atoms with Gasteiger partial charge in [0, 0.05) is 24.9 Å². The molecule has 0 amide bonds. The molecule has 0 radical (unpaired) electrons. The van der Waals surface area contributed by atoms with E-state index >= 15 is 0 Å². The molecule has 1 aromatic carbocycles. The van der Waals surface area contributed by atoms with Gasteiger partial charge in [-0.15, -0.1) is 0 Å². The number of rotatable bonds is 4. The lowest BCUT2D eigenvalue weighted by molar-refractivity contribution is -0.135. The molecule has 1 aliphatic heterocycles. The molecule has 0 saturated carbocycles. The molecule has 1 aliphatic rings.